The molecule has 0 bridgehead atoms. The molecule has 0 unspecified atom stereocenters. The lowest BCUT2D eigenvalue weighted by Gasteiger charge is -2.35. The van der Waals surface area contributed by atoms with E-state index in [1.54, 1.807) is 13.4 Å². The quantitative estimate of drug-likeness (QED) is 0.710. The fourth-order valence-corrected chi connectivity index (χ4v) is 4.22. The molecule has 0 radical (unpaired) electrons. The number of nitrogens with zero attached hydrogens (tertiary/aromatic N) is 3. The molecule has 1 fully saturated rings. The van der Waals surface area contributed by atoms with Crippen LogP contribution in [0.5, 0.6) is 5.75 Å². The lowest BCUT2D eigenvalue weighted by atomic mass is 10.0. The van der Waals surface area contributed by atoms with Crippen LogP contribution in [-0.2, 0) is 24.4 Å². The highest BCUT2D eigenvalue weighted by atomic mass is 16.5. The van der Waals surface area contributed by atoms with Crippen LogP contribution >= 0.6 is 0 Å². The Bertz CT molecular complexity index is 934. The topological polar surface area (TPSA) is 52.7 Å². The molecule has 2 aliphatic rings. The maximum absolute atomic E-state index is 6.32. The first-order valence-electron chi connectivity index (χ1n) is 9.31. The number of benzene rings is 1. The molecule has 0 amide bonds. The van der Waals surface area contributed by atoms with Crippen LogP contribution in [0.3, 0.4) is 0 Å². The van der Waals surface area contributed by atoms with E-state index in [4.69, 9.17) is 13.9 Å². The number of furan rings is 1. The maximum atomic E-state index is 6.32. The standard InChI is InChI=1S/C21H23N3O3/c1-25-18-4-2-3-17(9-18)19-10-22-20-13-27-21(15-24(19)20)6-7-23(14-21)11-16-5-8-26-12-16/h2-5,8-10,12H,6-7,11,13-15H2,1H3/t21-/m1/s1. The Morgan fingerprint density at radius 1 is 1.26 bits per heavy atom. The number of hydrogen-bond donors (Lipinski definition) is 0. The molecule has 2 aromatic heterocycles. The molecule has 1 atom stereocenters. The minimum atomic E-state index is -0.148. The molecule has 4 heterocycles. The van der Waals surface area contributed by atoms with E-state index in [1.807, 2.05) is 30.7 Å². The van der Waals surface area contributed by atoms with E-state index < -0.39 is 0 Å². The third-order valence-corrected chi connectivity index (χ3v) is 5.64. The normalized spacial score (nSPS) is 22.3. The van der Waals surface area contributed by atoms with Crippen LogP contribution in [0.25, 0.3) is 11.3 Å². The van der Waals surface area contributed by atoms with Crippen molar-refractivity contribution in [2.45, 2.75) is 31.7 Å². The molecule has 140 valence electrons. The van der Waals surface area contributed by atoms with Crippen molar-refractivity contribution >= 4 is 0 Å². The van der Waals surface area contributed by atoms with Crippen molar-refractivity contribution in [3.05, 3.63) is 60.4 Å². The number of fused-ring (bicyclic) bond motifs is 1. The molecule has 5 rings (SSSR count). The van der Waals surface area contributed by atoms with Crippen LogP contribution in [0.4, 0.5) is 0 Å². The van der Waals surface area contributed by atoms with Gasteiger partial charge in [0.25, 0.3) is 0 Å². The minimum Gasteiger partial charge on any atom is -0.497 e. The van der Waals surface area contributed by atoms with Gasteiger partial charge in [0.15, 0.2) is 0 Å². The van der Waals surface area contributed by atoms with Gasteiger partial charge in [-0.3, -0.25) is 4.90 Å². The Morgan fingerprint density at radius 3 is 3.07 bits per heavy atom. The minimum absolute atomic E-state index is 0.148. The number of aromatic nitrogens is 2. The summed E-state index contributed by atoms with van der Waals surface area (Å²) in [5, 5.41) is 0. The zero-order valence-corrected chi connectivity index (χ0v) is 15.4. The van der Waals surface area contributed by atoms with Crippen molar-refractivity contribution in [2.24, 2.45) is 0 Å². The smallest absolute Gasteiger partial charge is 0.135 e. The summed E-state index contributed by atoms with van der Waals surface area (Å²) >= 11 is 0. The molecular weight excluding hydrogens is 342 g/mol. The van der Waals surface area contributed by atoms with Gasteiger partial charge in [-0.2, -0.15) is 0 Å². The Morgan fingerprint density at radius 2 is 2.22 bits per heavy atom. The van der Waals surface area contributed by atoms with Crippen molar-refractivity contribution in [1.82, 2.24) is 14.5 Å². The molecule has 1 saturated heterocycles. The van der Waals surface area contributed by atoms with Crippen LogP contribution in [0.2, 0.25) is 0 Å². The summed E-state index contributed by atoms with van der Waals surface area (Å²) < 4.78 is 19.2. The number of likely N-dealkylation sites (tertiary alicyclic amines) is 1. The van der Waals surface area contributed by atoms with Gasteiger partial charge >= 0.3 is 0 Å². The van der Waals surface area contributed by atoms with Crippen LogP contribution in [-0.4, -0.2) is 40.3 Å². The molecule has 3 aromatic rings. The number of hydrogen-bond acceptors (Lipinski definition) is 5. The largest absolute Gasteiger partial charge is 0.497 e. The highest BCUT2D eigenvalue weighted by Crippen LogP contribution is 2.36. The van der Waals surface area contributed by atoms with Crippen molar-refractivity contribution < 1.29 is 13.9 Å². The van der Waals surface area contributed by atoms with Gasteiger partial charge in [0.05, 0.1) is 38.1 Å². The zero-order valence-electron chi connectivity index (χ0n) is 15.4. The SMILES string of the molecule is COc1cccc(-c2cnc3n2C[C@]2(CCN(Cc4ccoc4)C2)OC3)c1. The molecule has 0 aliphatic carbocycles. The van der Waals surface area contributed by atoms with Gasteiger partial charge in [0.1, 0.15) is 23.8 Å². The van der Waals surface area contributed by atoms with Crippen LogP contribution in [0, 0.1) is 0 Å². The highest BCUT2D eigenvalue weighted by molar-refractivity contribution is 5.61. The second-order valence-corrected chi connectivity index (χ2v) is 7.44. The fourth-order valence-electron chi connectivity index (χ4n) is 4.22. The summed E-state index contributed by atoms with van der Waals surface area (Å²) in [5.74, 6) is 1.85. The van der Waals surface area contributed by atoms with Crippen molar-refractivity contribution in [3.63, 3.8) is 0 Å². The summed E-state index contributed by atoms with van der Waals surface area (Å²) in [6, 6.07) is 10.2. The third-order valence-electron chi connectivity index (χ3n) is 5.64. The van der Waals surface area contributed by atoms with Gasteiger partial charge < -0.3 is 18.5 Å². The maximum Gasteiger partial charge on any atom is 0.135 e. The van der Waals surface area contributed by atoms with E-state index >= 15 is 0 Å². The third kappa shape index (κ3) is 3.05. The zero-order chi connectivity index (χ0) is 18.3. The van der Waals surface area contributed by atoms with Gasteiger partial charge in [0.2, 0.25) is 0 Å². The monoisotopic (exact) mass is 365 g/mol. The molecule has 0 saturated carbocycles. The molecule has 2 aliphatic heterocycles. The average molecular weight is 365 g/mol. The van der Waals surface area contributed by atoms with E-state index in [-0.39, 0.29) is 5.60 Å². The second-order valence-electron chi connectivity index (χ2n) is 7.44. The van der Waals surface area contributed by atoms with Gasteiger partial charge in [-0.1, -0.05) is 12.1 Å². The summed E-state index contributed by atoms with van der Waals surface area (Å²) in [6.45, 7) is 4.25. The molecule has 1 aromatic carbocycles. The van der Waals surface area contributed by atoms with E-state index in [0.717, 1.165) is 55.4 Å². The summed E-state index contributed by atoms with van der Waals surface area (Å²) in [5.41, 5.74) is 3.31. The Hall–Kier alpha value is -2.57. The second kappa shape index (κ2) is 6.55. The molecule has 6 heteroatoms. The predicted molar refractivity (Wildman–Crippen MR) is 100 cm³/mol. The Kier molecular flexibility index (Phi) is 4.02. The first kappa shape index (κ1) is 16.6. The number of methoxy groups -OCH3 is 1. The van der Waals surface area contributed by atoms with Crippen LogP contribution < -0.4 is 4.74 Å². The average Bonchev–Trinajstić information content (AvgIpc) is 3.43. The fraction of sp³-hybridized carbons (Fsp3) is 0.381. The van der Waals surface area contributed by atoms with E-state index in [9.17, 15) is 0 Å². The van der Waals surface area contributed by atoms with Crippen molar-refractivity contribution in [2.75, 3.05) is 20.2 Å². The molecule has 0 N–H and O–H groups in total. The summed E-state index contributed by atoms with van der Waals surface area (Å²) in [7, 11) is 1.70. The van der Waals surface area contributed by atoms with Crippen molar-refractivity contribution in [1.29, 1.82) is 0 Å². The van der Waals surface area contributed by atoms with E-state index in [1.165, 1.54) is 5.56 Å². The lowest BCUT2D eigenvalue weighted by Crippen LogP contribution is -2.44. The summed E-state index contributed by atoms with van der Waals surface area (Å²) in [6.07, 6.45) is 6.53. The van der Waals surface area contributed by atoms with Gasteiger partial charge in [0, 0.05) is 30.8 Å². The number of ether oxygens (including phenoxy) is 2. The van der Waals surface area contributed by atoms with Crippen LogP contribution in [0.1, 0.15) is 17.8 Å². The van der Waals surface area contributed by atoms with E-state index in [2.05, 4.69) is 26.6 Å². The van der Waals surface area contributed by atoms with Crippen LogP contribution in [0.15, 0.2) is 53.5 Å². The Balaban J connectivity index is 1.39. The molecule has 27 heavy (non-hydrogen) atoms. The highest BCUT2D eigenvalue weighted by Gasteiger charge is 2.43. The number of rotatable bonds is 4. The number of imidazole rings is 1. The van der Waals surface area contributed by atoms with E-state index in [0.29, 0.717) is 6.61 Å². The predicted octanol–water partition coefficient (Wildman–Crippen LogP) is 3.33. The first-order valence-corrected chi connectivity index (χ1v) is 9.31. The molecule has 1 spiro atoms. The Labute approximate surface area is 158 Å². The first-order chi connectivity index (χ1) is 13.2. The van der Waals surface area contributed by atoms with Gasteiger partial charge in [-0.05, 0) is 24.6 Å². The molecular formula is C21H23N3O3. The lowest BCUT2D eigenvalue weighted by molar-refractivity contribution is -0.0821. The van der Waals surface area contributed by atoms with Crippen molar-refractivity contribution in [3.8, 4) is 17.0 Å². The molecule has 6 nitrogen and oxygen atoms in total. The van der Waals surface area contributed by atoms with Gasteiger partial charge in [-0.15, -0.1) is 0 Å². The van der Waals surface area contributed by atoms with Gasteiger partial charge in [-0.25, -0.2) is 4.98 Å². The summed E-state index contributed by atoms with van der Waals surface area (Å²) in [4.78, 5) is 7.04.